The van der Waals surface area contributed by atoms with Crippen LogP contribution < -0.4 is 0 Å². The van der Waals surface area contributed by atoms with Gasteiger partial charge >= 0.3 is 0 Å². The molecule has 1 atom stereocenters. The molecule has 2 aromatic rings. The van der Waals surface area contributed by atoms with E-state index in [9.17, 15) is 4.79 Å². The molecular formula is C19H26N2O2S. The normalized spacial score (nSPS) is 17.8. The fourth-order valence-corrected chi connectivity index (χ4v) is 4.19. The fourth-order valence-electron chi connectivity index (χ4n) is 3.27. The standard InChI is InChI=1S/C19H26N2O2S/c1-5-14-13-9-11-24-15(13)8-10-21(14)18(22)7-6-17-20-12-16(23-17)19(2,3)4/h9,11-12,14H,5-8,10H2,1-4H3/t14-/m1/s1. The zero-order valence-corrected chi connectivity index (χ0v) is 15.8. The first kappa shape index (κ1) is 17.2. The second-order valence-corrected chi connectivity index (χ2v) is 8.43. The minimum absolute atomic E-state index is 0.0508. The number of amides is 1. The molecule has 5 heteroatoms. The molecule has 3 heterocycles. The number of rotatable bonds is 4. The molecule has 3 rings (SSSR count). The van der Waals surface area contributed by atoms with Crippen LogP contribution >= 0.6 is 11.3 Å². The van der Waals surface area contributed by atoms with Gasteiger partial charge in [-0.1, -0.05) is 27.7 Å². The van der Waals surface area contributed by atoms with Crippen LogP contribution in [0.5, 0.6) is 0 Å². The molecule has 0 radical (unpaired) electrons. The van der Waals surface area contributed by atoms with Gasteiger partial charge in [-0.3, -0.25) is 4.79 Å². The van der Waals surface area contributed by atoms with Crippen LogP contribution in [0.3, 0.4) is 0 Å². The molecule has 0 aromatic carbocycles. The van der Waals surface area contributed by atoms with E-state index in [0.717, 1.165) is 25.1 Å². The Bertz CT molecular complexity index is 711. The smallest absolute Gasteiger partial charge is 0.223 e. The van der Waals surface area contributed by atoms with Crippen LogP contribution in [0.4, 0.5) is 0 Å². The van der Waals surface area contributed by atoms with Crippen molar-refractivity contribution in [2.45, 2.75) is 64.8 Å². The van der Waals surface area contributed by atoms with Crippen molar-refractivity contribution < 1.29 is 9.21 Å². The summed E-state index contributed by atoms with van der Waals surface area (Å²) < 4.78 is 5.80. The zero-order valence-electron chi connectivity index (χ0n) is 15.0. The Morgan fingerprint density at radius 2 is 2.25 bits per heavy atom. The number of aromatic nitrogens is 1. The van der Waals surface area contributed by atoms with Crippen LogP contribution in [0, 0.1) is 0 Å². The van der Waals surface area contributed by atoms with Crippen molar-refractivity contribution in [1.82, 2.24) is 9.88 Å². The minimum atomic E-state index is -0.0508. The van der Waals surface area contributed by atoms with Crippen molar-refractivity contribution in [3.05, 3.63) is 39.7 Å². The van der Waals surface area contributed by atoms with Crippen molar-refractivity contribution in [3.8, 4) is 0 Å². The number of hydrogen-bond acceptors (Lipinski definition) is 4. The van der Waals surface area contributed by atoms with Gasteiger partial charge in [0.2, 0.25) is 5.91 Å². The average Bonchev–Trinajstić information content (AvgIpc) is 3.19. The first-order valence-electron chi connectivity index (χ1n) is 8.71. The van der Waals surface area contributed by atoms with Gasteiger partial charge in [0.05, 0.1) is 12.2 Å². The summed E-state index contributed by atoms with van der Waals surface area (Å²) in [6.45, 7) is 9.27. The van der Waals surface area contributed by atoms with Gasteiger partial charge in [0.25, 0.3) is 0 Å². The molecule has 4 nitrogen and oxygen atoms in total. The van der Waals surface area contributed by atoms with E-state index in [-0.39, 0.29) is 17.4 Å². The predicted octanol–water partition coefficient (Wildman–Crippen LogP) is 4.50. The summed E-state index contributed by atoms with van der Waals surface area (Å²) >= 11 is 1.81. The van der Waals surface area contributed by atoms with Gasteiger partial charge in [-0.05, 0) is 29.9 Å². The molecule has 0 unspecified atom stereocenters. The van der Waals surface area contributed by atoms with Crippen LogP contribution in [0.2, 0.25) is 0 Å². The molecular weight excluding hydrogens is 320 g/mol. The maximum atomic E-state index is 12.7. The van der Waals surface area contributed by atoms with Gasteiger partial charge in [-0.15, -0.1) is 11.3 Å². The van der Waals surface area contributed by atoms with Crippen molar-refractivity contribution in [2.24, 2.45) is 0 Å². The Kier molecular flexibility index (Phi) is 4.81. The third-order valence-electron chi connectivity index (χ3n) is 4.65. The van der Waals surface area contributed by atoms with E-state index in [2.05, 4.69) is 44.1 Å². The molecule has 24 heavy (non-hydrogen) atoms. The van der Waals surface area contributed by atoms with Gasteiger partial charge < -0.3 is 9.32 Å². The number of fused-ring (bicyclic) bond motifs is 1. The van der Waals surface area contributed by atoms with E-state index in [0.29, 0.717) is 18.7 Å². The number of nitrogens with zero attached hydrogens (tertiary/aromatic N) is 2. The Morgan fingerprint density at radius 3 is 2.92 bits per heavy atom. The first-order valence-corrected chi connectivity index (χ1v) is 9.59. The molecule has 0 saturated heterocycles. The first-order chi connectivity index (χ1) is 11.4. The van der Waals surface area contributed by atoms with Crippen LogP contribution in [-0.2, 0) is 23.1 Å². The summed E-state index contributed by atoms with van der Waals surface area (Å²) in [5, 5.41) is 2.14. The molecule has 2 aromatic heterocycles. The lowest BCUT2D eigenvalue weighted by Crippen LogP contribution is -2.39. The minimum Gasteiger partial charge on any atom is -0.445 e. The second-order valence-electron chi connectivity index (χ2n) is 7.43. The van der Waals surface area contributed by atoms with E-state index in [1.54, 1.807) is 6.20 Å². The van der Waals surface area contributed by atoms with Crippen molar-refractivity contribution in [1.29, 1.82) is 0 Å². The monoisotopic (exact) mass is 346 g/mol. The summed E-state index contributed by atoms with van der Waals surface area (Å²) in [5.41, 5.74) is 1.29. The summed E-state index contributed by atoms with van der Waals surface area (Å²) in [6.07, 6.45) is 4.75. The fraction of sp³-hybridized carbons (Fsp3) is 0.579. The van der Waals surface area contributed by atoms with Crippen molar-refractivity contribution in [2.75, 3.05) is 6.54 Å². The summed E-state index contributed by atoms with van der Waals surface area (Å²) in [7, 11) is 0. The highest BCUT2D eigenvalue weighted by atomic mass is 32.1. The molecule has 0 spiro atoms. The average molecular weight is 346 g/mol. The maximum Gasteiger partial charge on any atom is 0.223 e. The number of aryl methyl sites for hydroxylation is 1. The maximum absolute atomic E-state index is 12.7. The summed E-state index contributed by atoms with van der Waals surface area (Å²) in [6, 6.07) is 2.40. The Balaban J connectivity index is 1.64. The van der Waals surface area contributed by atoms with Crippen molar-refractivity contribution >= 4 is 17.2 Å². The third-order valence-corrected chi connectivity index (χ3v) is 5.64. The molecule has 0 N–H and O–H groups in total. The van der Waals surface area contributed by atoms with E-state index >= 15 is 0 Å². The lowest BCUT2D eigenvalue weighted by atomic mass is 9.94. The summed E-state index contributed by atoms with van der Waals surface area (Å²) in [5.74, 6) is 1.74. The number of hydrogen-bond donors (Lipinski definition) is 0. The second kappa shape index (κ2) is 6.71. The van der Waals surface area contributed by atoms with Gasteiger partial charge in [0.1, 0.15) is 5.76 Å². The van der Waals surface area contributed by atoms with E-state index in [1.807, 2.05) is 16.2 Å². The van der Waals surface area contributed by atoms with Crippen molar-refractivity contribution in [3.63, 3.8) is 0 Å². The van der Waals surface area contributed by atoms with Crippen LogP contribution in [-0.4, -0.2) is 22.3 Å². The molecule has 1 aliphatic heterocycles. The highest BCUT2D eigenvalue weighted by Crippen LogP contribution is 2.35. The molecule has 0 aliphatic carbocycles. The highest BCUT2D eigenvalue weighted by Gasteiger charge is 2.30. The Labute approximate surface area is 147 Å². The molecule has 1 aliphatic rings. The van der Waals surface area contributed by atoms with Gasteiger partial charge in [0.15, 0.2) is 5.89 Å². The lowest BCUT2D eigenvalue weighted by Gasteiger charge is -2.35. The van der Waals surface area contributed by atoms with Crippen LogP contribution in [0.25, 0.3) is 0 Å². The summed E-state index contributed by atoms with van der Waals surface area (Å²) in [4.78, 5) is 20.5. The largest absolute Gasteiger partial charge is 0.445 e. The van der Waals surface area contributed by atoms with E-state index < -0.39 is 0 Å². The zero-order chi connectivity index (χ0) is 17.3. The van der Waals surface area contributed by atoms with Crippen LogP contribution in [0.15, 0.2) is 22.1 Å². The molecule has 130 valence electrons. The third kappa shape index (κ3) is 3.41. The van der Waals surface area contributed by atoms with E-state index in [1.165, 1.54) is 10.4 Å². The Hall–Kier alpha value is -1.62. The number of thiophene rings is 1. The SMILES string of the molecule is CC[C@@H]1c2ccsc2CCN1C(=O)CCc1ncc(C(C)(C)C)o1. The van der Waals surface area contributed by atoms with Crippen LogP contribution in [0.1, 0.15) is 68.7 Å². The number of carbonyl (C=O) groups excluding carboxylic acids is 1. The predicted molar refractivity (Wildman–Crippen MR) is 96.3 cm³/mol. The Morgan fingerprint density at radius 1 is 1.46 bits per heavy atom. The molecule has 0 bridgehead atoms. The highest BCUT2D eigenvalue weighted by molar-refractivity contribution is 7.10. The van der Waals surface area contributed by atoms with Gasteiger partial charge in [0, 0.05) is 29.7 Å². The molecule has 0 fully saturated rings. The van der Waals surface area contributed by atoms with Gasteiger partial charge in [-0.2, -0.15) is 0 Å². The lowest BCUT2D eigenvalue weighted by molar-refractivity contribution is -0.134. The molecule has 0 saturated carbocycles. The molecule has 1 amide bonds. The quantitative estimate of drug-likeness (QED) is 0.819. The van der Waals surface area contributed by atoms with Gasteiger partial charge in [-0.25, -0.2) is 4.98 Å². The van der Waals surface area contributed by atoms with E-state index in [4.69, 9.17) is 4.42 Å². The topological polar surface area (TPSA) is 46.3 Å². The number of carbonyl (C=O) groups is 1. The number of oxazole rings is 1.